The fourth-order valence-electron chi connectivity index (χ4n) is 3.61. The van der Waals surface area contributed by atoms with Crippen LogP contribution in [0.4, 0.5) is 0 Å². The molecular weight excluding hydrogens is 408 g/mol. The van der Waals surface area contributed by atoms with Gasteiger partial charge in [-0.3, -0.25) is 9.69 Å². The largest absolute Gasteiger partial charge is 0.309 e. The minimum Gasteiger partial charge on any atom is -0.309 e. The molecule has 0 unspecified atom stereocenters. The van der Waals surface area contributed by atoms with E-state index < -0.39 is 0 Å². The van der Waals surface area contributed by atoms with Crippen LogP contribution in [-0.4, -0.2) is 21.4 Å². The monoisotopic (exact) mass is 428 g/mol. The number of rotatable bonds is 6. The van der Waals surface area contributed by atoms with Crippen molar-refractivity contribution in [3.63, 3.8) is 0 Å². The van der Waals surface area contributed by atoms with Gasteiger partial charge in [0.25, 0.3) is 5.56 Å². The second kappa shape index (κ2) is 9.13. The molecule has 1 aromatic heterocycles. The molecule has 0 aliphatic rings. The van der Waals surface area contributed by atoms with E-state index in [1.165, 1.54) is 0 Å². The number of H-pyrrole nitrogens is 1. The Labute approximate surface area is 185 Å². The number of fused-ring (bicyclic) bond motifs is 1. The van der Waals surface area contributed by atoms with E-state index in [1.54, 1.807) is 18.2 Å². The van der Waals surface area contributed by atoms with Crippen molar-refractivity contribution in [3.05, 3.63) is 99.1 Å². The summed E-state index contributed by atoms with van der Waals surface area (Å²) in [7, 11) is 0. The molecule has 1 heterocycles. The van der Waals surface area contributed by atoms with Crippen LogP contribution in [0.5, 0.6) is 0 Å². The molecule has 0 aliphatic heterocycles. The minimum atomic E-state index is -0.159. The predicted octanol–water partition coefficient (Wildman–Crippen LogP) is 5.14. The van der Waals surface area contributed by atoms with E-state index in [1.807, 2.05) is 36.4 Å². The van der Waals surface area contributed by atoms with Crippen molar-refractivity contribution >= 4 is 22.5 Å². The highest BCUT2D eigenvalue weighted by atomic mass is 35.5. The zero-order valence-electron chi connectivity index (χ0n) is 17.1. The molecule has 4 aromatic rings. The molecule has 0 spiro atoms. The van der Waals surface area contributed by atoms with Gasteiger partial charge in [-0.05, 0) is 47.5 Å². The van der Waals surface area contributed by atoms with Gasteiger partial charge in [0.1, 0.15) is 5.82 Å². The van der Waals surface area contributed by atoms with E-state index >= 15 is 0 Å². The van der Waals surface area contributed by atoms with Crippen LogP contribution in [0.3, 0.4) is 0 Å². The van der Waals surface area contributed by atoms with Crippen molar-refractivity contribution < 1.29 is 0 Å². The number of hydrogen-bond donors (Lipinski definition) is 1. The van der Waals surface area contributed by atoms with Gasteiger partial charge in [0, 0.05) is 11.6 Å². The van der Waals surface area contributed by atoms with Crippen LogP contribution in [0.1, 0.15) is 23.9 Å². The van der Waals surface area contributed by atoms with E-state index in [9.17, 15) is 10.1 Å². The van der Waals surface area contributed by atoms with E-state index in [-0.39, 0.29) is 5.56 Å². The number of nitrogens with zero attached hydrogens (tertiary/aromatic N) is 3. The van der Waals surface area contributed by atoms with Gasteiger partial charge in [0.2, 0.25) is 0 Å². The second-order valence-corrected chi connectivity index (χ2v) is 7.77. The molecule has 3 aromatic carbocycles. The van der Waals surface area contributed by atoms with Crippen LogP contribution in [-0.2, 0) is 13.1 Å². The van der Waals surface area contributed by atoms with Gasteiger partial charge >= 0.3 is 0 Å². The first kappa shape index (κ1) is 20.8. The van der Waals surface area contributed by atoms with Gasteiger partial charge in [0.05, 0.1) is 29.1 Å². The zero-order valence-corrected chi connectivity index (χ0v) is 17.9. The number of aromatic amines is 1. The average Bonchev–Trinajstić information content (AvgIpc) is 2.78. The fourth-order valence-corrected chi connectivity index (χ4v) is 3.77. The molecule has 5 nitrogen and oxygen atoms in total. The van der Waals surface area contributed by atoms with E-state index in [0.29, 0.717) is 40.4 Å². The average molecular weight is 429 g/mol. The predicted molar refractivity (Wildman–Crippen MR) is 124 cm³/mol. The summed E-state index contributed by atoms with van der Waals surface area (Å²) < 4.78 is 0. The van der Waals surface area contributed by atoms with Crippen LogP contribution >= 0.6 is 11.6 Å². The molecule has 4 rings (SSSR count). The van der Waals surface area contributed by atoms with Gasteiger partial charge in [-0.1, -0.05) is 61.0 Å². The normalized spacial score (nSPS) is 11.0. The SMILES string of the molecule is CCN(Cc1ccc(-c2ccccc2C#N)cc1)Cc1nc2cc(Cl)ccc2c(=O)[nH]1. The molecule has 31 heavy (non-hydrogen) atoms. The number of benzene rings is 3. The zero-order chi connectivity index (χ0) is 21.8. The lowest BCUT2D eigenvalue weighted by molar-refractivity contribution is 0.264. The Hall–Kier alpha value is -3.46. The highest BCUT2D eigenvalue weighted by molar-refractivity contribution is 6.31. The molecule has 0 atom stereocenters. The molecule has 0 aliphatic carbocycles. The smallest absolute Gasteiger partial charge is 0.258 e. The summed E-state index contributed by atoms with van der Waals surface area (Å²) in [4.78, 5) is 22.1. The van der Waals surface area contributed by atoms with E-state index in [0.717, 1.165) is 23.2 Å². The number of nitrogens with one attached hydrogen (secondary N) is 1. The molecule has 0 bridgehead atoms. The van der Waals surface area contributed by atoms with Crippen molar-refractivity contribution in [2.24, 2.45) is 0 Å². The maximum Gasteiger partial charge on any atom is 0.258 e. The summed E-state index contributed by atoms with van der Waals surface area (Å²) in [6.45, 7) is 4.12. The lowest BCUT2D eigenvalue weighted by Gasteiger charge is -2.20. The second-order valence-electron chi connectivity index (χ2n) is 7.33. The van der Waals surface area contributed by atoms with Crippen molar-refractivity contribution in [3.8, 4) is 17.2 Å². The molecule has 0 fully saturated rings. The minimum absolute atomic E-state index is 0.159. The summed E-state index contributed by atoms with van der Waals surface area (Å²) in [6, 6.07) is 23.2. The summed E-state index contributed by atoms with van der Waals surface area (Å²) in [5.41, 5.74) is 4.20. The number of nitriles is 1. The molecule has 0 saturated carbocycles. The summed E-state index contributed by atoms with van der Waals surface area (Å²) in [5.74, 6) is 0.612. The van der Waals surface area contributed by atoms with Gasteiger partial charge in [-0.25, -0.2) is 4.98 Å². The van der Waals surface area contributed by atoms with Gasteiger partial charge < -0.3 is 4.98 Å². The third-order valence-corrected chi connectivity index (χ3v) is 5.49. The molecule has 0 saturated heterocycles. The summed E-state index contributed by atoms with van der Waals surface area (Å²) >= 11 is 6.06. The lowest BCUT2D eigenvalue weighted by atomic mass is 9.99. The van der Waals surface area contributed by atoms with Crippen LogP contribution in [0.25, 0.3) is 22.0 Å². The molecule has 0 amide bonds. The Kier molecular flexibility index (Phi) is 6.13. The molecule has 1 N–H and O–H groups in total. The topological polar surface area (TPSA) is 72.8 Å². The van der Waals surface area contributed by atoms with Crippen molar-refractivity contribution in [2.75, 3.05) is 6.54 Å². The summed E-state index contributed by atoms with van der Waals surface area (Å²) in [6.07, 6.45) is 0. The van der Waals surface area contributed by atoms with Gasteiger partial charge in [-0.15, -0.1) is 0 Å². The first-order valence-electron chi connectivity index (χ1n) is 10.1. The molecule has 154 valence electrons. The maximum atomic E-state index is 12.4. The number of aromatic nitrogens is 2. The van der Waals surface area contributed by atoms with E-state index in [2.05, 4.69) is 40.0 Å². The first-order chi connectivity index (χ1) is 15.1. The van der Waals surface area contributed by atoms with Crippen molar-refractivity contribution in [2.45, 2.75) is 20.0 Å². The third kappa shape index (κ3) is 4.66. The fraction of sp³-hybridized carbons (Fsp3) is 0.160. The lowest BCUT2D eigenvalue weighted by Crippen LogP contribution is -2.25. The van der Waals surface area contributed by atoms with Crippen molar-refractivity contribution in [1.29, 1.82) is 5.26 Å². The Morgan fingerprint density at radius 2 is 1.84 bits per heavy atom. The first-order valence-corrected chi connectivity index (χ1v) is 10.4. The van der Waals surface area contributed by atoms with Crippen LogP contribution in [0.15, 0.2) is 71.5 Å². The highest BCUT2D eigenvalue weighted by Gasteiger charge is 2.10. The van der Waals surface area contributed by atoms with E-state index in [4.69, 9.17) is 11.6 Å². The van der Waals surface area contributed by atoms with Crippen LogP contribution < -0.4 is 5.56 Å². The van der Waals surface area contributed by atoms with Gasteiger partial charge in [0.15, 0.2) is 0 Å². The highest BCUT2D eigenvalue weighted by Crippen LogP contribution is 2.24. The maximum absolute atomic E-state index is 12.4. The summed E-state index contributed by atoms with van der Waals surface area (Å²) in [5, 5.41) is 10.4. The Morgan fingerprint density at radius 3 is 2.58 bits per heavy atom. The Bertz CT molecular complexity index is 1320. The quantitative estimate of drug-likeness (QED) is 0.461. The molecule has 6 heteroatoms. The number of halogens is 1. The Balaban J connectivity index is 1.53. The standard InChI is InChI=1S/C25H21ClN4O/c1-2-30(16-24-28-23-13-20(26)11-12-22(23)25(31)29-24)15-17-7-9-18(10-8-17)21-6-4-3-5-19(21)14-27/h3-13H,2,15-16H2,1H3,(H,28,29,31). The third-order valence-electron chi connectivity index (χ3n) is 5.26. The van der Waals surface area contributed by atoms with Crippen LogP contribution in [0, 0.1) is 11.3 Å². The Morgan fingerprint density at radius 1 is 1.06 bits per heavy atom. The van der Waals surface area contributed by atoms with Gasteiger partial charge in [-0.2, -0.15) is 5.26 Å². The molecule has 0 radical (unpaired) electrons. The van der Waals surface area contributed by atoms with Crippen LogP contribution in [0.2, 0.25) is 5.02 Å². The van der Waals surface area contributed by atoms with Crippen molar-refractivity contribution in [1.82, 2.24) is 14.9 Å². The number of hydrogen-bond acceptors (Lipinski definition) is 4. The molecular formula is C25H21ClN4O.